The van der Waals surface area contributed by atoms with Crippen LogP contribution in [0.4, 0.5) is 0 Å². The molecule has 1 aliphatic rings. The molecule has 0 unspecified atom stereocenters. The average molecular weight is 588 g/mol. The van der Waals surface area contributed by atoms with E-state index < -0.39 is 0 Å². The van der Waals surface area contributed by atoms with Crippen LogP contribution in [0.5, 0.6) is 0 Å². The second kappa shape index (κ2) is 9.40. The van der Waals surface area contributed by atoms with Crippen LogP contribution in [0.25, 0.3) is 93.9 Å². The van der Waals surface area contributed by atoms with Gasteiger partial charge in [0.05, 0.1) is 21.8 Å². The molecule has 10 rings (SSSR count). The summed E-state index contributed by atoms with van der Waals surface area (Å²) in [7, 11) is 0. The third-order valence-corrected chi connectivity index (χ3v) is 9.57. The van der Waals surface area contributed by atoms with Crippen LogP contribution >= 0.6 is 0 Å². The molecule has 0 atom stereocenters. The van der Waals surface area contributed by atoms with Crippen molar-refractivity contribution < 1.29 is 4.42 Å². The van der Waals surface area contributed by atoms with Gasteiger partial charge in [-0.1, -0.05) is 103 Å². The van der Waals surface area contributed by atoms with Gasteiger partial charge in [0.25, 0.3) is 0 Å². The Morgan fingerprint density at radius 1 is 0.370 bits per heavy atom. The van der Waals surface area contributed by atoms with E-state index in [4.69, 9.17) is 4.42 Å². The van der Waals surface area contributed by atoms with Gasteiger partial charge in [-0.3, -0.25) is 4.79 Å². The molecule has 0 N–H and O–H groups in total. The van der Waals surface area contributed by atoms with E-state index in [9.17, 15) is 4.79 Å². The molecule has 0 saturated carbocycles. The van der Waals surface area contributed by atoms with Crippen molar-refractivity contribution in [3.8, 4) is 50.2 Å². The molecule has 0 saturated heterocycles. The molecule has 0 spiro atoms. The minimum Gasteiger partial charge on any atom is -0.456 e. The Kier molecular flexibility index (Phi) is 5.15. The molecule has 3 nitrogen and oxygen atoms in total. The van der Waals surface area contributed by atoms with Crippen LogP contribution in [0.2, 0.25) is 0 Å². The average Bonchev–Trinajstić information content (AvgIpc) is 3.45. The zero-order chi connectivity index (χ0) is 30.4. The number of hydrogen-bond acceptors (Lipinski definition) is 2. The van der Waals surface area contributed by atoms with E-state index in [1.54, 1.807) is 0 Å². The summed E-state index contributed by atoms with van der Waals surface area (Å²) in [5.74, 6) is 0. The number of nitrogens with zero attached hydrogens (tertiary/aromatic N) is 1. The highest BCUT2D eigenvalue weighted by molar-refractivity contribution is 6.10. The molecule has 1 aliphatic carbocycles. The Bertz CT molecular complexity index is 2730. The Hall–Kier alpha value is -6.19. The zero-order valence-electron chi connectivity index (χ0n) is 24.7. The van der Waals surface area contributed by atoms with E-state index in [-0.39, 0.29) is 5.43 Å². The van der Waals surface area contributed by atoms with E-state index in [0.29, 0.717) is 21.9 Å². The van der Waals surface area contributed by atoms with Crippen molar-refractivity contribution in [2.45, 2.75) is 0 Å². The lowest BCUT2D eigenvalue weighted by atomic mass is 9.80. The molecule has 7 aromatic carbocycles. The first-order valence-electron chi connectivity index (χ1n) is 15.6. The fraction of sp³-hybridized carbons (Fsp3) is 0. The Labute approximate surface area is 264 Å². The highest BCUT2D eigenvalue weighted by atomic mass is 16.3. The van der Waals surface area contributed by atoms with Crippen LogP contribution < -0.4 is 5.43 Å². The minimum absolute atomic E-state index is 0.0125. The summed E-state index contributed by atoms with van der Waals surface area (Å²) >= 11 is 0. The van der Waals surface area contributed by atoms with Gasteiger partial charge in [-0.25, -0.2) is 0 Å². The van der Waals surface area contributed by atoms with Crippen molar-refractivity contribution >= 4 is 43.7 Å². The van der Waals surface area contributed by atoms with Crippen molar-refractivity contribution in [2.24, 2.45) is 0 Å². The van der Waals surface area contributed by atoms with Crippen LogP contribution in [0, 0.1) is 0 Å². The maximum Gasteiger partial charge on any atom is 0.200 e. The number of rotatable bonds is 1. The van der Waals surface area contributed by atoms with Crippen LogP contribution in [0.15, 0.2) is 161 Å². The smallest absolute Gasteiger partial charge is 0.200 e. The molecule has 214 valence electrons. The van der Waals surface area contributed by atoms with Gasteiger partial charge in [-0.15, -0.1) is 0 Å². The lowest BCUT2D eigenvalue weighted by molar-refractivity contribution is 0.660. The lowest BCUT2D eigenvalue weighted by Gasteiger charge is -2.24. The standard InChI is InChI=1S/C43H25NO2/c45-43-34-17-7-10-20-41(34)46-42-25-37-28-12-2-1-11-27(28)31-22-21-26(23-35(31)29-13-3-4-14-30(29)36(37)24-38(42)43)44-39-18-8-5-15-32(39)33-16-6-9-19-40(33)44/h1-25H. The first-order chi connectivity index (χ1) is 22.7. The number of aromatic nitrogens is 1. The summed E-state index contributed by atoms with van der Waals surface area (Å²) in [6.07, 6.45) is 0. The SMILES string of the molecule is O=c1c2ccccc2oc2cc3c(cc12)-c1ccccc1-c1cc(-n2c4ccccc4c4ccccc42)ccc1-c1ccccc1-3. The van der Waals surface area contributed by atoms with Crippen molar-refractivity contribution in [3.63, 3.8) is 0 Å². The van der Waals surface area contributed by atoms with E-state index in [0.717, 1.165) is 44.6 Å². The maximum absolute atomic E-state index is 13.8. The summed E-state index contributed by atoms with van der Waals surface area (Å²) in [6, 6.07) is 52.8. The highest BCUT2D eigenvalue weighted by Gasteiger charge is 2.24. The maximum atomic E-state index is 13.8. The monoisotopic (exact) mass is 587 g/mol. The summed E-state index contributed by atoms with van der Waals surface area (Å²) < 4.78 is 8.73. The molecule has 0 amide bonds. The first-order valence-corrected chi connectivity index (χ1v) is 15.6. The van der Waals surface area contributed by atoms with Crippen LogP contribution in [0.3, 0.4) is 0 Å². The fourth-order valence-corrected chi connectivity index (χ4v) is 7.53. The molecule has 0 aliphatic heterocycles. The Balaban J connectivity index is 1.31. The largest absolute Gasteiger partial charge is 0.456 e. The third-order valence-electron chi connectivity index (χ3n) is 9.57. The third kappa shape index (κ3) is 3.45. The summed E-state index contributed by atoms with van der Waals surface area (Å²) in [6.45, 7) is 0. The number of fused-ring (bicyclic) bond motifs is 13. The fourth-order valence-electron chi connectivity index (χ4n) is 7.53. The molecule has 2 aromatic heterocycles. The number of hydrogen-bond donors (Lipinski definition) is 0. The summed E-state index contributed by atoms with van der Waals surface area (Å²) in [4.78, 5) is 13.8. The van der Waals surface area contributed by atoms with Gasteiger partial charge in [-0.2, -0.15) is 0 Å². The van der Waals surface area contributed by atoms with Gasteiger partial charge in [0.1, 0.15) is 11.2 Å². The second-order valence-corrected chi connectivity index (χ2v) is 12.0. The molecule has 0 fully saturated rings. The van der Waals surface area contributed by atoms with Crippen LogP contribution in [-0.2, 0) is 0 Å². The van der Waals surface area contributed by atoms with Crippen molar-refractivity contribution in [1.82, 2.24) is 4.57 Å². The number of benzene rings is 7. The zero-order valence-corrected chi connectivity index (χ0v) is 24.7. The number of para-hydroxylation sites is 3. The van der Waals surface area contributed by atoms with E-state index in [2.05, 4.69) is 126 Å². The van der Waals surface area contributed by atoms with E-state index in [1.165, 1.54) is 27.4 Å². The van der Waals surface area contributed by atoms with Gasteiger partial charge in [0.15, 0.2) is 0 Å². The lowest BCUT2D eigenvalue weighted by Crippen LogP contribution is -2.04. The highest BCUT2D eigenvalue weighted by Crippen LogP contribution is 2.49. The molecule has 0 radical (unpaired) electrons. The van der Waals surface area contributed by atoms with Crippen molar-refractivity contribution in [1.29, 1.82) is 0 Å². The molecule has 46 heavy (non-hydrogen) atoms. The Morgan fingerprint density at radius 3 is 1.50 bits per heavy atom. The topological polar surface area (TPSA) is 35.1 Å². The summed E-state index contributed by atoms with van der Waals surface area (Å²) in [5.41, 5.74) is 13.5. The second-order valence-electron chi connectivity index (χ2n) is 12.0. The molecule has 3 heteroatoms. The molecule has 0 bridgehead atoms. The van der Waals surface area contributed by atoms with Crippen LogP contribution in [-0.4, -0.2) is 4.57 Å². The minimum atomic E-state index is -0.0125. The normalized spacial score (nSPS) is 12.0. The summed E-state index contributed by atoms with van der Waals surface area (Å²) in [5, 5.41) is 3.66. The van der Waals surface area contributed by atoms with Gasteiger partial charge >= 0.3 is 0 Å². The predicted octanol–water partition coefficient (Wildman–Crippen LogP) is 11.0. The predicted molar refractivity (Wildman–Crippen MR) is 190 cm³/mol. The molecule has 9 aromatic rings. The van der Waals surface area contributed by atoms with Gasteiger partial charge in [0, 0.05) is 16.5 Å². The molecular formula is C43H25NO2. The quantitative estimate of drug-likeness (QED) is 0.179. The van der Waals surface area contributed by atoms with Crippen LogP contribution in [0.1, 0.15) is 0 Å². The molecule has 2 heterocycles. The Morgan fingerprint density at radius 2 is 0.848 bits per heavy atom. The van der Waals surface area contributed by atoms with Crippen molar-refractivity contribution in [3.05, 3.63) is 162 Å². The molecular weight excluding hydrogens is 562 g/mol. The van der Waals surface area contributed by atoms with Gasteiger partial charge in [-0.05, 0) is 93.0 Å². The van der Waals surface area contributed by atoms with Gasteiger partial charge in [0.2, 0.25) is 5.43 Å². The first kappa shape index (κ1) is 25.2. The van der Waals surface area contributed by atoms with Gasteiger partial charge < -0.3 is 8.98 Å². The van der Waals surface area contributed by atoms with E-state index >= 15 is 0 Å². The van der Waals surface area contributed by atoms with Crippen molar-refractivity contribution in [2.75, 3.05) is 0 Å². The van der Waals surface area contributed by atoms with E-state index in [1.807, 2.05) is 30.3 Å².